The molecule has 0 unspecified atom stereocenters. The van der Waals surface area contributed by atoms with Crippen LogP contribution in [0.4, 0.5) is 0 Å². The summed E-state index contributed by atoms with van der Waals surface area (Å²) in [6.45, 7) is 7.46. The Kier molecular flexibility index (Phi) is 9.98. The second-order valence-electron chi connectivity index (χ2n) is 5.44. The van der Waals surface area contributed by atoms with Gasteiger partial charge >= 0.3 is 0 Å². The number of likely N-dealkylation sites (tertiary alicyclic amines) is 1. The molecule has 0 bridgehead atoms. The number of hydrogen-bond donors (Lipinski definition) is 2. The molecule has 1 aromatic heterocycles. The summed E-state index contributed by atoms with van der Waals surface area (Å²) < 4.78 is 0. The van der Waals surface area contributed by atoms with Crippen molar-refractivity contribution in [3.63, 3.8) is 0 Å². The summed E-state index contributed by atoms with van der Waals surface area (Å²) in [7, 11) is 1.82. The molecule has 0 saturated carbocycles. The Balaban J connectivity index is 0.00000242. The first-order valence-electron chi connectivity index (χ1n) is 7.86. The van der Waals surface area contributed by atoms with Crippen LogP contribution in [0.2, 0.25) is 0 Å². The first-order valence-corrected chi connectivity index (χ1v) is 8.74. The topological polar surface area (TPSA) is 52.6 Å². The van der Waals surface area contributed by atoms with Crippen LogP contribution < -0.4 is 10.6 Å². The van der Waals surface area contributed by atoms with Gasteiger partial charge in [0.25, 0.3) is 0 Å². The molecule has 126 valence electrons. The number of guanidine groups is 1. The summed E-state index contributed by atoms with van der Waals surface area (Å²) in [5.41, 5.74) is 1.16. The molecule has 0 amide bonds. The summed E-state index contributed by atoms with van der Waals surface area (Å²) in [5.74, 6) is 0.888. The Morgan fingerprint density at radius 2 is 2.00 bits per heavy atom. The number of halogens is 1. The lowest BCUT2D eigenvalue weighted by Crippen LogP contribution is -2.43. The second-order valence-corrected chi connectivity index (χ2v) is 6.50. The Bertz CT molecular complexity index is 443. The van der Waals surface area contributed by atoms with Crippen LogP contribution in [0, 0.1) is 6.92 Å². The molecular formula is C15H28IN5S. The lowest BCUT2D eigenvalue weighted by Gasteiger charge is -2.26. The van der Waals surface area contributed by atoms with Gasteiger partial charge in [0.05, 0.1) is 10.7 Å². The largest absolute Gasteiger partial charge is 0.356 e. The van der Waals surface area contributed by atoms with E-state index in [0.29, 0.717) is 0 Å². The maximum atomic E-state index is 4.47. The highest BCUT2D eigenvalue weighted by Gasteiger charge is 2.09. The van der Waals surface area contributed by atoms with Crippen molar-refractivity contribution in [3.05, 3.63) is 16.1 Å². The van der Waals surface area contributed by atoms with E-state index in [2.05, 4.69) is 30.9 Å². The molecule has 0 aromatic carbocycles. The molecule has 5 nitrogen and oxygen atoms in total. The van der Waals surface area contributed by atoms with Crippen molar-refractivity contribution in [3.8, 4) is 0 Å². The maximum Gasteiger partial charge on any atom is 0.191 e. The third-order valence-corrected chi connectivity index (χ3v) is 4.56. The highest BCUT2D eigenvalue weighted by atomic mass is 127. The van der Waals surface area contributed by atoms with Gasteiger partial charge in [0, 0.05) is 38.5 Å². The fourth-order valence-electron chi connectivity index (χ4n) is 2.57. The van der Waals surface area contributed by atoms with E-state index in [4.69, 9.17) is 0 Å². The van der Waals surface area contributed by atoms with Gasteiger partial charge in [-0.15, -0.1) is 35.3 Å². The van der Waals surface area contributed by atoms with Crippen LogP contribution in [0.1, 0.15) is 30.0 Å². The number of thiazole rings is 1. The average Bonchev–Trinajstić information content (AvgIpc) is 2.92. The molecule has 7 heteroatoms. The standard InChI is InChI=1S/C15H27N5S.HI/c1-13-19-14(12-21-13)6-7-17-15(16-2)18-8-11-20-9-4-3-5-10-20;/h12H,3-11H2,1-2H3,(H2,16,17,18);1H. The van der Waals surface area contributed by atoms with Crippen molar-refractivity contribution in [2.75, 3.05) is 39.8 Å². The van der Waals surface area contributed by atoms with E-state index in [9.17, 15) is 0 Å². The van der Waals surface area contributed by atoms with Crippen LogP contribution in [-0.2, 0) is 6.42 Å². The minimum atomic E-state index is 0. The van der Waals surface area contributed by atoms with Crippen molar-refractivity contribution in [1.29, 1.82) is 0 Å². The molecule has 2 rings (SSSR count). The lowest BCUT2D eigenvalue weighted by atomic mass is 10.1. The van der Waals surface area contributed by atoms with Crippen LogP contribution in [-0.4, -0.2) is 55.6 Å². The molecule has 2 N–H and O–H groups in total. The molecule has 1 aliphatic heterocycles. The van der Waals surface area contributed by atoms with Gasteiger partial charge in [-0.3, -0.25) is 4.99 Å². The zero-order valence-electron chi connectivity index (χ0n) is 13.6. The molecule has 1 saturated heterocycles. The SMILES string of the molecule is CN=C(NCCc1csc(C)n1)NCCN1CCCCC1.I. The zero-order valence-corrected chi connectivity index (χ0v) is 16.7. The quantitative estimate of drug-likeness (QED) is 0.407. The van der Waals surface area contributed by atoms with E-state index >= 15 is 0 Å². The number of rotatable bonds is 6. The summed E-state index contributed by atoms with van der Waals surface area (Å²) in [6.07, 6.45) is 5.03. The van der Waals surface area contributed by atoms with Crippen molar-refractivity contribution in [2.45, 2.75) is 32.6 Å². The van der Waals surface area contributed by atoms with Gasteiger partial charge in [-0.1, -0.05) is 6.42 Å². The van der Waals surface area contributed by atoms with Crippen molar-refractivity contribution < 1.29 is 0 Å². The highest BCUT2D eigenvalue weighted by molar-refractivity contribution is 14.0. The van der Waals surface area contributed by atoms with Crippen LogP contribution >= 0.6 is 35.3 Å². The number of piperidine rings is 1. The number of aryl methyl sites for hydroxylation is 1. The number of aromatic nitrogens is 1. The predicted molar refractivity (Wildman–Crippen MR) is 106 cm³/mol. The average molecular weight is 437 g/mol. The lowest BCUT2D eigenvalue weighted by molar-refractivity contribution is 0.232. The third kappa shape index (κ3) is 7.23. The Morgan fingerprint density at radius 1 is 1.27 bits per heavy atom. The van der Waals surface area contributed by atoms with E-state index in [1.165, 1.54) is 32.4 Å². The van der Waals surface area contributed by atoms with Gasteiger partial charge in [0.2, 0.25) is 0 Å². The van der Waals surface area contributed by atoms with Gasteiger partial charge in [-0.05, 0) is 32.9 Å². The summed E-state index contributed by atoms with van der Waals surface area (Å²) in [6, 6.07) is 0. The molecule has 1 aromatic rings. The van der Waals surface area contributed by atoms with Crippen molar-refractivity contribution >= 4 is 41.3 Å². The second kappa shape index (κ2) is 11.2. The molecular weight excluding hydrogens is 409 g/mol. The number of aliphatic imine (C=N–C) groups is 1. The normalized spacial score (nSPS) is 16.2. The van der Waals surface area contributed by atoms with E-state index in [0.717, 1.165) is 42.7 Å². The smallest absolute Gasteiger partial charge is 0.191 e. The molecule has 0 radical (unpaired) electrons. The van der Waals surface area contributed by atoms with Gasteiger partial charge in [-0.25, -0.2) is 4.98 Å². The monoisotopic (exact) mass is 437 g/mol. The maximum absolute atomic E-state index is 4.47. The Hall–Kier alpha value is -0.410. The molecule has 2 heterocycles. The fraction of sp³-hybridized carbons (Fsp3) is 0.733. The summed E-state index contributed by atoms with van der Waals surface area (Å²) >= 11 is 1.71. The van der Waals surface area contributed by atoms with Gasteiger partial charge in [0.1, 0.15) is 0 Å². The predicted octanol–water partition coefficient (Wildman–Crippen LogP) is 2.26. The van der Waals surface area contributed by atoms with E-state index in [-0.39, 0.29) is 24.0 Å². The molecule has 0 aliphatic carbocycles. The summed E-state index contributed by atoms with van der Waals surface area (Å²) in [4.78, 5) is 11.3. The Morgan fingerprint density at radius 3 is 2.64 bits per heavy atom. The van der Waals surface area contributed by atoms with Gasteiger partial charge in [-0.2, -0.15) is 0 Å². The van der Waals surface area contributed by atoms with Gasteiger partial charge in [0.15, 0.2) is 5.96 Å². The third-order valence-electron chi connectivity index (χ3n) is 3.73. The minimum Gasteiger partial charge on any atom is -0.356 e. The molecule has 22 heavy (non-hydrogen) atoms. The van der Waals surface area contributed by atoms with Crippen molar-refractivity contribution in [1.82, 2.24) is 20.5 Å². The molecule has 1 aliphatic rings. The first kappa shape index (κ1) is 19.6. The van der Waals surface area contributed by atoms with E-state index in [1.807, 2.05) is 14.0 Å². The number of hydrogen-bond acceptors (Lipinski definition) is 4. The highest BCUT2D eigenvalue weighted by Crippen LogP contribution is 2.08. The minimum absolute atomic E-state index is 0. The Labute approximate surface area is 155 Å². The fourth-order valence-corrected chi connectivity index (χ4v) is 3.22. The van der Waals surface area contributed by atoms with E-state index in [1.54, 1.807) is 11.3 Å². The van der Waals surface area contributed by atoms with Crippen LogP contribution in [0.25, 0.3) is 0 Å². The number of nitrogens with zero attached hydrogens (tertiary/aromatic N) is 3. The van der Waals surface area contributed by atoms with Gasteiger partial charge < -0.3 is 15.5 Å². The molecule has 1 fully saturated rings. The summed E-state index contributed by atoms with van der Waals surface area (Å²) in [5, 5.41) is 10.00. The van der Waals surface area contributed by atoms with Crippen molar-refractivity contribution in [2.24, 2.45) is 4.99 Å². The molecule has 0 spiro atoms. The number of nitrogens with one attached hydrogen (secondary N) is 2. The van der Waals surface area contributed by atoms with Crippen LogP contribution in [0.3, 0.4) is 0 Å². The first-order chi connectivity index (χ1) is 10.3. The zero-order chi connectivity index (χ0) is 14.9. The van der Waals surface area contributed by atoms with Crippen LogP contribution in [0.15, 0.2) is 10.4 Å². The van der Waals surface area contributed by atoms with E-state index < -0.39 is 0 Å². The molecule has 0 atom stereocenters. The van der Waals surface area contributed by atoms with Crippen LogP contribution in [0.5, 0.6) is 0 Å².